The predicted octanol–water partition coefficient (Wildman–Crippen LogP) is 4.39. The predicted molar refractivity (Wildman–Crippen MR) is 91.8 cm³/mol. The van der Waals surface area contributed by atoms with E-state index in [0.717, 1.165) is 32.8 Å². The van der Waals surface area contributed by atoms with Gasteiger partial charge in [0.1, 0.15) is 11.5 Å². The Morgan fingerprint density at radius 1 is 0.696 bits per heavy atom. The van der Waals surface area contributed by atoms with Crippen LogP contribution in [-0.4, -0.2) is 15.2 Å². The Labute approximate surface area is 133 Å². The number of fused-ring (bicyclic) bond motifs is 2. The van der Waals surface area contributed by atoms with E-state index in [1.807, 2.05) is 48.5 Å². The van der Waals surface area contributed by atoms with E-state index in [4.69, 9.17) is 0 Å². The Hall–Kier alpha value is -3.07. The molecule has 0 aliphatic heterocycles. The van der Waals surface area contributed by atoms with Gasteiger partial charge in [0.05, 0.1) is 5.52 Å². The number of aromatic hydroxyl groups is 2. The first-order chi connectivity index (χ1) is 11.2. The molecule has 112 valence electrons. The monoisotopic (exact) mass is 301 g/mol. The van der Waals surface area contributed by atoms with Crippen LogP contribution in [-0.2, 0) is 6.42 Å². The van der Waals surface area contributed by atoms with E-state index in [-0.39, 0.29) is 11.5 Å². The summed E-state index contributed by atoms with van der Waals surface area (Å²) in [5.74, 6) is 0.430. The lowest BCUT2D eigenvalue weighted by Crippen LogP contribution is -1.95. The van der Waals surface area contributed by atoms with Gasteiger partial charge in [-0.15, -0.1) is 0 Å². The van der Waals surface area contributed by atoms with Gasteiger partial charge in [0.25, 0.3) is 0 Å². The zero-order chi connectivity index (χ0) is 15.8. The fraction of sp³-hybridized carbons (Fsp3) is 0.0500. The van der Waals surface area contributed by atoms with E-state index in [2.05, 4.69) is 4.98 Å². The molecular weight excluding hydrogens is 286 g/mol. The van der Waals surface area contributed by atoms with E-state index in [0.29, 0.717) is 6.42 Å². The Morgan fingerprint density at radius 3 is 2.26 bits per heavy atom. The zero-order valence-corrected chi connectivity index (χ0v) is 12.4. The van der Waals surface area contributed by atoms with Crippen molar-refractivity contribution in [2.75, 3.05) is 0 Å². The van der Waals surface area contributed by atoms with Crippen LogP contribution in [0.15, 0.2) is 66.9 Å². The van der Waals surface area contributed by atoms with Crippen LogP contribution in [0.25, 0.3) is 21.7 Å². The number of rotatable bonds is 2. The lowest BCUT2D eigenvalue weighted by Gasteiger charge is -2.12. The van der Waals surface area contributed by atoms with Gasteiger partial charge in [0, 0.05) is 29.1 Å². The second-order valence-electron chi connectivity index (χ2n) is 5.60. The van der Waals surface area contributed by atoms with Crippen LogP contribution >= 0.6 is 0 Å². The fourth-order valence-corrected chi connectivity index (χ4v) is 3.06. The highest BCUT2D eigenvalue weighted by atomic mass is 16.3. The van der Waals surface area contributed by atoms with Crippen LogP contribution in [0.3, 0.4) is 0 Å². The lowest BCUT2D eigenvalue weighted by atomic mass is 9.95. The third-order valence-corrected chi connectivity index (χ3v) is 4.22. The minimum atomic E-state index is 0.198. The van der Waals surface area contributed by atoms with Crippen LogP contribution in [0.5, 0.6) is 11.5 Å². The maximum atomic E-state index is 10.3. The summed E-state index contributed by atoms with van der Waals surface area (Å²) in [5.41, 5.74) is 2.30. The first kappa shape index (κ1) is 13.6. The Kier molecular flexibility index (Phi) is 3.12. The molecule has 1 heterocycles. The molecule has 4 rings (SSSR count). The summed E-state index contributed by atoms with van der Waals surface area (Å²) in [6, 6.07) is 18.9. The van der Waals surface area contributed by atoms with Crippen LogP contribution < -0.4 is 0 Å². The summed E-state index contributed by atoms with van der Waals surface area (Å²) in [4.78, 5) is 4.41. The van der Waals surface area contributed by atoms with Crippen molar-refractivity contribution in [2.45, 2.75) is 6.42 Å². The molecule has 0 amide bonds. The number of benzene rings is 3. The van der Waals surface area contributed by atoms with Gasteiger partial charge in [-0.1, -0.05) is 36.4 Å². The normalized spacial score (nSPS) is 11.1. The second kappa shape index (κ2) is 5.29. The average Bonchev–Trinajstić information content (AvgIpc) is 2.59. The van der Waals surface area contributed by atoms with Gasteiger partial charge in [-0.25, -0.2) is 0 Å². The van der Waals surface area contributed by atoms with Crippen molar-refractivity contribution in [2.24, 2.45) is 0 Å². The molecule has 0 aliphatic carbocycles. The number of phenolic OH excluding ortho intramolecular Hbond substituents is 2. The molecule has 0 unspecified atom stereocenters. The number of hydrogen-bond donors (Lipinski definition) is 2. The van der Waals surface area contributed by atoms with Gasteiger partial charge in [0.2, 0.25) is 0 Å². The number of phenols is 2. The SMILES string of the molecule is Oc1ccc2ccccc2c1Cc1c(O)ccc2cccnc12. The van der Waals surface area contributed by atoms with Gasteiger partial charge in [-0.05, 0) is 35.0 Å². The summed E-state index contributed by atoms with van der Waals surface area (Å²) in [6.45, 7) is 0. The first-order valence-electron chi connectivity index (χ1n) is 7.49. The van der Waals surface area contributed by atoms with E-state index in [1.165, 1.54) is 0 Å². The molecule has 0 spiro atoms. The molecule has 1 aromatic heterocycles. The molecule has 0 aliphatic rings. The Morgan fingerprint density at radius 2 is 1.39 bits per heavy atom. The van der Waals surface area contributed by atoms with Gasteiger partial charge >= 0.3 is 0 Å². The van der Waals surface area contributed by atoms with Crippen molar-refractivity contribution in [1.29, 1.82) is 0 Å². The molecule has 3 aromatic carbocycles. The maximum absolute atomic E-state index is 10.3. The van der Waals surface area contributed by atoms with Crippen LogP contribution in [0, 0.1) is 0 Å². The molecular formula is C20H15NO2. The van der Waals surface area contributed by atoms with Gasteiger partial charge < -0.3 is 10.2 Å². The Bertz CT molecular complexity index is 941. The standard InChI is InChI=1S/C20H15NO2/c22-18-9-7-13-4-1-2-6-15(13)16(18)12-17-19(23)10-8-14-5-3-11-21-20(14)17/h1-11,22-23H,12H2. The van der Waals surface area contributed by atoms with Crippen molar-refractivity contribution < 1.29 is 10.2 Å². The molecule has 4 aromatic rings. The number of pyridine rings is 1. The summed E-state index contributed by atoms with van der Waals surface area (Å²) in [6.07, 6.45) is 2.14. The number of hydrogen-bond acceptors (Lipinski definition) is 3. The zero-order valence-electron chi connectivity index (χ0n) is 12.4. The van der Waals surface area contributed by atoms with Crippen LogP contribution in [0.2, 0.25) is 0 Å². The van der Waals surface area contributed by atoms with E-state index in [1.54, 1.807) is 18.3 Å². The van der Waals surface area contributed by atoms with Crippen LogP contribution in [0.1, 0.15) is 11.1 Å². The van der Waals surface area contributed by atoms with Crippen molar-refractivity contribution in [3.63, 3.8) is 0 Å². The molecule has 0 fully saturated rings. The highest BCUT2D eigenvalue weighted by Gasteiger charge is 2.13. The average molecular weight is 301 g/mol. The molecule has 3 nitrogen and oxygen atoms in total. The Balaban J connectivity index is 1.95. The van der Waals surface area contributed by atoms with Crippen molar-refractivity contribution in [3.05, 3.63) is 78.0 Å². The molecule has 0 bridgehead atoms. The summed E-state index contributed by atoms with van der Waals surface area (Å²) in [5, 5.41) is 23.7. The van der Waals surface area contributed by atoms with Gasteiger partial charge in [-0.2, -0.15) is 0 Å². The topological polar surface area (TPSA) is 53.4 Å². The summed E-state index contributed by atoms with van der Waals surface area (Å²) < 4.78 is 0. The third kappa shape index (κ3) is 2.27. The van der Waals surface area contributed by atoms with Crippen molar-refractivity contribution in [3.8, 4) is 11.5 Å². The minimum absolute atomic E-state index is 0.198. The molecule has 23 heavy (non-hydrogen) atoms. The largest absolute Gasteiger partial charge is 0.508 e. The number of aromatic nitrogens is 1. The highest BCUT2D eigenvalue weighted by Crippen LogP contribution is 2.34. The number of nitrogens with zero attached hydrogens (tertiary/aromatic N) is 1. The van der Waals surface area contributed by atoms with Gasteiger partial charge in [0.15, 0.2) is 0 Å². The lowest BCUT2D eigenvalue weighted by molar-refractivity contribution is 0.464. The smallest absolute Gasteiger partial charge is 0.121 e. The fourth-order valence-electron chi connectivity index (χ4n) is 3.06. The maximum Gasteiger partial charge on any atom is 0.121 e. The first-order valence-corrected chi connectivity index (χ1v) is 7.49. The minimum Gasteiger partial charge on any atom is -0.508 e. The van der Waals surface area contributed by atoms with Crippen molar-refractivity contribution in [1.82, 2.24) is 4.98 Å². The van der Waals surface area contributed by atoms with E-state index in [9.17, 15) is 10.2 Å². The molecule has 0 saturated carbocycles. The highest BCUT2D eigenvalue weighted by molar-refractivity contribution is 5.90. The molecule has 3 heteroatoms. The third-order valence-electron chi connectivity index (χ3n) is 4.22. The van der Waals surface area contributed by atoms with Crippen molar-refractivity contribution >= 4 is 21.7 Å². The van der Waals surface area contributed by atoms with E-state index >= 15 is 0 Å². The van der Waals surface area contributed by atoms with Crippen LogP contribution in [0.4, 0.5) is 0 Å². The van der Waals surface area contributed by atoms with Gasteiger partial charge in [-0.3, -0.25) is 4.98 Å². The quantitative estimate of drug-likeness (QED) is 0.577. The summed E-state index contributed by atoms with van der Waals surface area (Å²) >= 11 is 0. The molecule has 0 atom stereocenters. The molecule has 2 N–H and O–H groups in total. The second-order valence-corrected chi connectivity index (χ2v) is 5.60. The molecule has 0 radical (unpaired) electrons. The van der Waals surface area contributed by atoms with E-state index < -0.39 is 0 Å². The summed E-state index contributed by atoms with van der Waals surface area (Å²) in [7, 11) is 0. The molecule has 0 saturated heterocycles.